The summed E-state index contributed by atoms with van der Waals surface area (Å²) in [7, 11) is 3.52. The molecule has 1 aromatic carbocycles. The highest BCUT2D eigenvalue weighted by molar-refractivity contribution is 5.94. The van der Waals surface area contributed by atoms with Crippen molar-refractivity contribution in [2.75, 3.05) is 27.2 Å². The molecule has 2 aliphatic rings. The summed E-state index contributed by atoms with van der Waals surface area (Å²) in [5.41, 5.74) is -3.71. The Hall–Kier alpha value is -2.34. The van der Waals surface area contributed by atoms with E-state index in [0.717, 1.165) is 25.7 Å². The van der Waals surface area contributed by atoms with Crippen LogP contribution < -0.4 is 10.6 Å². The summed E-state index contributed by atoms with van der Waals surface area (Å²) in [4.78, 5) is 26.9. The molecule has 2 aliphatic carbocycles. The number of likely N-dealkylation sites (N-methyl/N-ethyl adjacent to an activating group) is 1. The quantitative estimate of drug-likeness (QED) is 0.446. The third-order valence-corrected chi connectivity index (χ3v) is 7.66. The molecule has 0 unspecified atom stereocenters. The summed E-state index contributed by atoms with van der Waals surface area (Å²) in [5.74, 6) is -0.689. The molecule has 2 N–H and O–H groups in total. The summed E-state index contributed by atoms with van der Waals surface area (Å²) in [6, 6.07) is 0.745. The lowest BCUT2D eigenvalue weighted by atomic mass is 9.86. The lowest BCUT2D eigenvalue weighted by molar-refractivity contribution is -0.143. The highest BCUT2D eigenvalue weighted by Gasteiger charge is 2.38. The van der Waals surface area contributed by atoms with Crippen molar-refractivity contribution in [1.29, 1.82) is 0 Å². The SMILES string of the molecule is COC1CCC(N(C)C(=O)CNCC2CCC(NC(=O)c3cc(C(F)(F)F)cc(C(F)(F)F)c3)CC2)CC1. The number of hydrogen-bond acceptors (Lipinski definition) is 4. The zero-order valence-electron chi connectivity index (χ0n) is 21.6. The van der Waals surface area contributed by atoms with E-state index in [1.165, 1.54) is 0 Å². The molecular formula is C26H35F6N3O3. The first-order valence-corrected chi connectivity index (χ1v) is 12.9. The van der Waals surface area contributed by atoms with Gasteiger partial charge in [-0.1, -0.05) is 0 Å². The molecule has 3 rings (SSSR count). The van der Waals surface area contributed by atoms with Crippen molar-refractivity contribution in [3.63, 3.8) is 0 Å². The van der Waals surface area contributed by atoms with Gasteiger partial charge in [0, 0.05) is 31.8 Å². The van der Waals surface area contributed by atoms with Gasteiger partial charge in [-0.25, -0.2) is 0 Å². The van der Waals surface area contributed by atoms with Crippen LogP contribution >= 0.6 is 0 Å². The van der Waals surface area contributed by atoms with Crippen LogP contribution in [0.15, 0.2) is 18.2 Å². The maximum atomic E-state index is 13.1. The molecule has 2 amide bonds. The minimum absolute atomic E-state index is 0.00331. The lowest BCUT2D eigenvalue weighted by Crippen LogP contribution is -2.45. The minimum atomic E-state index is -5.01. The van der Waals surface area contributed by atoms with Gasteiger partial charge in [-0.2, -0.15) is 26.3 Å². The number of benzene rings is 1. The molecule has 0 bridgehead atoms. The van der Waals surface area contributed by atoms with Crippen LogP contribution in [0.5, 0.6) is 0 Å². The van der Waals surface area contributed by atoms with Gasteiger partial charge < -0.3 is 20.3 Å². The van der Waals surface area contributed by atoms with Crippen molar-refractivity contribution in [3.8, 4) is 0 Å². The molecule has 2 fully saturated rings. The summed E-state index contributed by atoms with van der Waals surface area (Å²) < 4.78 is 83.9. The van der Waals surface area contributed by atoms with E-state index in [4.69, 9.17) is 4.74 Å². The minimum Gasteiger partial charge on any atom is -0.381 e. The Labute approximate surface area is 218 Å². The van der Waals surface area contributed by atoms with E-state index < -0.39 is 35.0 Å². The maximum absolute atomic E-state index is 13.1. The summed E-state index contributed by atoms with van der Waals surface area (Å²) in [6.07, 6.45) is -3.58. The third-order valence-electron chi connectivity index (χ3n) is 7.66. The molecule has 1 aromatic rings. The van der Waals surface area contributed by atoms with Crippen LogP contribution in [-0.4, -0.2) is 62.1 Å². The zero-order chi connectivity index (χ0) is 28.1. The molecule has 0 aromatic heterocycles. The van der Waals surface area contributed by atoms with Crippen LogP contribution in [-0.2, 0) is 21.9 Å². The predicted octanol–water partition coefficient (Wildman–Crippen LogP) is 5.02. The number of carbonyl (C=O) groups excluding carboxylic acids is 2. The second-order valence-electron chi connectivity index (χ2n) is 10.3. The van der Waals surface area contributed by atoms with E-state index >= 15 is 0 Å². The number of methoxy groups -OCH3 is 1. The monoisotopic (exact) mass is 551 g/mol. The Bertz CT molecular complexity index is 920. The average molecular weight is 552 g/mol. The van der Waals surface area contributed by atoms with E-state index in [2.05, 4.69) is 10.6 Å². The standard InChI is InChI=1S/C26H35F6N3O3/c1-35(21-7-9-22(38-2)10-8-21)23(36)15-33-14-16-3-5-20(6-4-16)34-24(37)17-11-18(25(27,28)29)13-19(12-17)26(30,31)32/h11-13,16,20-22,33H,3-10,14-15H2,1-2H3,(H,34,37). The number of ether oxygens (including phenoxy) is 1. The molecular weight excluding hydrogens is 516 g/mol. The van der Waals surface area contributed by atoms with Crippen LogP contribution in [0, 0.1) is 5.92 Å². The Kier molecular flexibility index (Phi) is 10.1. The van der Waals surface area contributed by atoms with Gasteiger partial charge in [-0.3, -0.25) is 9.59 Å². The van der Waals surface area contributed by atoms with Gasteiger partial charge in [0.15, 0.2) is 0 Å². The van der Waals surface area contributed by atoms with Crippen LogP contribution in [0.1, 0.15) is 72.9 Å². The van der Waals surface area contributed by atoms with Gasteiger partial charge in [0.25, 0.3) is 5.91 Å². The number of nitrogens with one attached hydrogen (secondary N) is 2. The van der Waals surface area contributed by atoms with E-state index in [0.29, 0.717) is 44.4 Å². The zero-order valence-corrected chi connectivity index (χ0v) is 21.6. The van der Waals surface area contributed by atoms with Gasteiger partial charge in [-0.05, 0) is 82.0 Å². The van der Waals surface area contributed by atoms with Crippen LogP contribution in [0.4, 0.5) is 26.3 Å². The molecule has 2 saturated carbocycles. The number of alkyl halides is 6. The second kappa shape index (κ2) is 12.7. The van der Waals surface area contributed by atoms with E-state index in [1.54, 1.807) is 12.0 Å². The largest absolute Gasteiger partial charge is 0.416 e. The van der Waals surface area contributed by atoms with Crippen molar-refractivity contribution in [2.24, 2.45) is 5.92 Å². The van der Waals surface area contributed by atoms with E-state index in [9.17, 15) is 35.9 Å². The Morgan fingerprint density at radius 3 is 1.95 bits per heavy atom. The number of rotatable bonds is 8. The van der Waals surface area contributed by atoms with Gasteiger partial charge in [0.2, 0.25) is 5.91 Å². The first-order valence-electron chi connectivity index (χ1n) is 12.9. The highest BCUT2D eigenvalue weighted by atomic mass is 19.4. The van der Waals surface area contributed by atoms with Crippen molar-refractivity contribution in [1.82, 2.24) is 15.5 Å². The fourth-order valence-corrected chi connectivity index (χ4v) is 5.25. The number of halogens is 6. The molecule has 0 radical (unpaired) electrons. The normalized spacial score (nSPS) is 24.6. The molecule has 0 atom stereocenters. The molecule has 214 valence electrons. The third kappa shape index (κ3) is 8.33. The van der Waals surface area contributed by atoms with Crippen LogP contribution in [0.25, 0.3) is 0 Å². The fraction of sp³-hybridized carbons (Fsp3) is 0.692. The second-order valence-corrected chi connectivity index (χ2v) is 10.3. The Morgan fingerprint density at radius 1 is 0.895 bits per heavy atom. The lowest BCUT2D eigenvalue weighted by Gasteiger charge is -2.34. The first kappa shape index (κ1) is 30.2. The molecule has 38 heavy (non-hydrogen) atoms. The van der Waals surface area contributed by atoms with E-state index in [-0.39, 0.29) is 42.6 Å². The first-order chi connectivity index (χ1) is 17.8. The highest BCUT2D eigenvalue weighted by Crippen LogP contribution is 2.36. The van der Waals surface area contributed by atoms with Gasteiger partial charge in [-0.15, -0.1) is 0 Å². The van der Waals surface area contributed by atoms with Crippen molar-refractivity contribution < 1.29 is 40.7 Å². The van der Waals surface area contributed by atoms with Crippen molar-refractivity contribution in [3.05, 3.63) is 34.9 Å². The number of carbonyl (C=O) groups is 2. The Morgan fingerprint density at radius 2 is 1.45 bits per heavy atom. The van der Waals surface area contributed by atoms with Crippen molar-refractivity contribution >= 4 is 11.8 Å². The van der Waals surface area contributed by atoms with Gasteiger partial charge >= 0.3 is 12.4 Å². The number of amides is 2. The average Bonchev–Trinajstić information content (AvgIpc) is 2.88. The summed E-state index contributed by atoms with van der Waals surface area (Å²) >= 11 is 0. The number of nitrogens with zero attached hydrogens (tertiary/aromatic N) is 1. The van der Waals surface area contributed by atoms with Crippen LogP contribution in [0.3, 0.4) is 0 Å². The van der Waals surface area contributed by atoms with Crippen molar-refractivity contribution in [2.45, 2.75) is 81.9 Å². The predicted molar refractivity (Wildman–Crippen MR) is 128 cm³/mol. The topological polar surface area (TPSA) is 70.7 Å². The fourth-order valence-electron chi connectivity index (χ4n) is 5.25. The van der Waals surface area contributed by atoms with E-state index in [1.807, 2.05) is 7.05 Å². The summed E-state index contributed by atoms with van der Waals surface area (Å²) in [5, 5.41) is 5.78. The maximum Gasteiger partial charge on any atom is 0.416 e. The van der Waals surface area contributed by atoms with Crippen LogP contribution in [0.2, 0.25) is 0 Å². The van der Waals surface area contributed by atoms with Gasteiger partial charge in [0.05, 0.1) is 23.8 Å². The smallest absolute Gasteiger partial charge is 0.381 e. The molecule has 0 heterocycles. The molecule has 6 nitrogen and oxygen atoms in total. The Balaban J connectivity index is 1.43. The molecule has 0 saturated heterocycles. The summed E-state index contributed by atoms with van der Waals surface area (Å²) in [6.45, 7) is 0.827. The number of hydrogen-bond donors (Lipinski definition) is 2. The van der Waals surface area contributed by atoms with Gasteiger partial charge in [0.1, 0.15) is 0 Å². The molecule has 0 aliphatic heterocycles. The molecule has 0 spiro atoms. The molecule has 12 heteroatoms.